The van der Waals surface area contributed by atoms with E-state index in [1.807, 2.05) is 0 Å². The van der Waals surface area contributed by atoms with Gasteiger partial charge in [-0.2, -0.15) is 0 Å². The van der Waals surface area contributed by atoms with E-state index >= 15 is 0 Å². The standard InChI is InChI=1S/C10H11BrN/c11-9-4-1-3-8(7-9)10-5-2-6-12-10/h1,3-4,7,10H,2,5-6H2. The Morgan fingerprint density at radius 1 is 1.42 bits per heavy atom. The van der Waals surface area contributed by atoms with E-state index in [1.165, 1.54) is 18.4 Å². The second-order valence-corrected chi connectivity index (χ2v) is 4.03. The van der Waals surface area contributed by atoms with Crippen molar-refractivity contribution in [1.82, 2.24) is 5.32 Å². The Morgan fingerprint density at radius 3 is 3.00 bits per heavy atom. The van der Waals surface area contributed by atoms with Gasteiger partial charge in [0.1, 0.15) is 0 Å². The fourth-order valence-electron chi connectivity index (χ4n) is 1.61. The van der Waals surface area contributed by atoms with E-state index in [9.17, 15) is 0 Å². The lowest BCUT2D eigenvalue weighted by Crippen LogP contribution is -2.04. The minimum Gasteiger partial charge on any atom is -0.234 e. The molecule has 2 rings (SSSR count). The van der Waals surface area contributed by atoms with E-state index < -0.39 is 0 Å². The summed E-state index contributed by atoms with van der Waals surface area (Å²) >= 11 is 3.47. The highest BCUT2D eigenvalue weighted by Gasteiger charge is 2.16. The van der Waals surface area contributed by atoms with E-state index in [1.54, 1.807) is 0 Å². The summed E-state index contributed by atoms with van der Waals surface area (Å²) in [7, 11) is 0. The molecule has 1 unspecified atom stereocenters. The van der Waals surface area contributed by atoms with Crippen LogP contribution in [-0.2, 0) is 0 Å². The van der Waals surface area contributed by atoms with Crippen molar-refractivity contribution in [1.29, 1.82) is 0 Å². The number of halogens is 1. The van der Waals surface area contributed by atoms with Crippen LogP contribution in [0.25, 0.3) is 0 Å². The van der Waals surface area contributed by atoms with Crippen LogP contribution < -0.4 is 5.32 Å². The summed E-state index contributed by atoms with van der Waals surface area (Å²) in [5, 5.41) is 4.53. The van der Waals surface area contributed by atoms with Gasteiger partial charge in [-0.25, -0.2) is 5.32 Å². The first kappa shape index (κ1) is 8.27. The maximum Gasteiger partial charge on any atom is 0.0496 e. The minimum atomic E-state index is 0.461. The van der Waals surface area contributed by atoms with Gasteiger partial charge >= 0.3 is 0 Å². The van der Waals surface area contributed by atoms with Gasteiger partial charge in [-0.05, 0) is 30.5 Å². The average Bonchev–Trinajstić information content (AvgIpc) is 2.56. The quantitative estimate of drug-likeness (QED) is 0.697. The largest absolute Gasteiger partial charge is 0.234 e. The molecule has 1 atom stereocenters. The zero-order chi connectivity index (χ0) is 8.39. The van der Waals surface area contributed by atoms with Crippen LogP contribution in [0.2, 0.25) is 0 Å². The van der Waals surface area contributed by atoms with Crippen LogP contribution in [0.3, 0.4) is 0 Å². The normalized spacial score (nSPS) is 22.9. The van der Waals surface area contributed by atoms with Crippen molar-refractivity contribution >= 4 is 15.9 Å². The van der Waals surface area contributed by atoms with Crippen molar-refractivity contribution in [2.75, 3.05) is 6.54 Å². The molecular formula is C10H11BrN. The molecule has 1 aliphatic rings. The molecule has 1 heterocycles. The molecule has 1 radical (unpaired) electrons. The highest BCUT2D eigenvalue weighted by molar-refractivity contribution is 9.10. The number of nitrogens with zero attached hydrogens (tertiary/aromatic N) is 1. The summed E-state index contributed by atoms with van der Waals surface area (Å²) in [6, 6.07) is 8.91. The summed E-state index contributed by atoms with van der Waals surface area (Å²) in [4.78, 5) is 0. The zero-order valence-electron chi connectivity index (χ0n) is 6.83. The van der Waals surface area contributed by atoms with Gasteiger partial charge in [-0.15, -0.1) is 0 Å². The molecule has 0 spiro atoms. The minimum absolute atomic E-state index is 0.461. The van der Waals surface area contributed by atoms with E-state index in [-0.39, 0.29) is 0 Å². The summed E-state index contributed by atoms with van der Waals surface area (Å²) < 4.78 is 1.15. The second-order valence-electron chi connectivity index (χ2n) is 3.12. The lowest BCUT2D eigenvalue weighted by molar-refractivity contribution is 0.635. The predicted octanol–water partition coefficient (Wildman–Crippen LogP) is 2.89. The van der Waals surface area contributed by atoms with Gasteiger partial charge in [0.05, 0.1) is 0 Å². The second kappa shape index (κ2) is 3.58. The number of hydrogen-bond donors (Lipinski definition) is 0. The number of benzene rings is 1. The fraction of sp³-hybridized carbons (Fsp3) is 0.400. The van der Waals surface area contributed by atoms with Gasteiger partial charge in [0.25, 0.3) is 0 Å². The van der Waals surface area contributed by atoms with E-state index in [4.69, 9.17) is 0 Å². The van der Waals surface area contributed by atoms with Gasteiger partial charge in [-0.3, -0.25) is 0 Å². The van der Waals surface area contributed by atoms with Crippen molar-refractivity contribution < 1.29 is 0 Å². The van der Waals surface area contributed by atoms with Crippen LogP contribution in [0.15, 0.2) is 28.7 Å². The maximum atomic E-state index is 4.53. The topological polar surface area (TPSA) is 14.1 Å². The summed E-state index contributed by atoms with van der Waals surface area (Å²) in [5.74, 6) is 0. The van der Waals surface area contributed by atoms with E-state index in [0.29, 0.717) is 6.04 Å². The van der Waals surface area contributed by atoms with Crippen molar-refractivity contribution in [2.24, 2.45) is 0 Å². The van der Waals surface area contributed by atoms with E-state index in [0.717, 1.165) is 11.0 Å². The summed E-state index contributed by atoms with van der Waals surface area (Å²) in [5.41, 5.74) is 1.35. The average molecular weight is 225 g/mol. The number of rotatable bonds is 1. The SMILES string of the molecule is Brc1cccc(C2CCC[N]2)c1. The molecule has 1 saturated heterocycles. The molecule has 1 aromatic carbocycles. The highest BCUT2D eigenvalue weighted by Crippen LogP contribution is 2.26. The third-order valence-corrected chi connectivity index (χ3v) is 2.71. The molecule has 0 bridgehead atoms. The Balaban J connectivity index is 2.21. The van der Waals surface area contributed by atoms with Crippen LogP contribution >= 0.6 is 15.9 Å². The highest BCUT2D eigenvalue weighted by atomic mass is 79.9. The molecule has 0 saturated carbocycles. The smallest absolute Gasteiger partial charge is 0.0496 e. The van der Waals surface area contributed by atoms with Crippen LogP contribution in [0.4, 0.5) is 0 Å². The van der Waals surface area contributed by atoms with Crippen molar-refractivity contribution in [3.8, 4) is 0 Å². The van der Waals surface area contributed by atoms with Crippen molar-refractivity contribution in [3.05, 3.63) is 34.3 Å². The van der Waals surface area contributed by atoms with Gasteiger partial charge < -0.3 is 0 Å². The van der Waals surface area contributed by atoms with E-state index in [2.05, 4.69) is 45.5 Å². The third kappa shape index (κ3) is 1.70. The molecule has 1 aromatic rings. The monoisotopic (exact) mass is 224 g/mol. The summed E-state index contributed by atoms with van der Waals surface area (Å²) in [6.45, 7) is 1.04. The molecule has 1 aliphatic heterocycles. The van der Waals surface area contributed by atoms with Crippen molar-refractivity contribution in [3.63, 3.8) is 0 Å². The first-order chi connectivity index (χ1) is 5.86. The molecule has 0 aromatic heterocycles. The molecular weight excluding hydrogens is 214 g/mol. The van der Waals surface area contributed by atoms with Gasteiger partial charge in [0, 0.05) is 17.1 Å². The van der Waals surface area contributed by atoms with Crippen LogP contribution in [0.1, 0.15) is 24.4 Å². The Labute approximate surface area is 81.3 Å². The molecule has 0 amide bonds. The Hall–Kier alpha value is -0.340. The third-order valence-electron chi connectivity index (χ3n) is 2.22. The lowest BCUT2D eigenvalue weighted by atomic mass is 10.1. The predicted molar refractivity (Wildman–Crippen MR) is 53.1 cm³/mol. The fourth-order valence-corrected chi connectivity index (χ4v) is 2.03. The van der Waals surface area contributed by atoms with Gasteiger partial charge in [0.2, 0.25) is 0 Å². The Morgan fingerprint density at radius 2 is 2.33 bits per heavy atom. The first-order valence-corrected chi connectivity index (χ1v) is 5.07. The van der Waals surface area contributed by atoms with Crippen LogP contribution in [0.5, 0.6) is 0 Å². The van der Waals surface area contributed by atoms with Crippen molar-refractivity contribution in [2.45, 2.75) is 18.9 Å². The summed E-state index contributed by atoms with van der Waals surface area (Å²) in [6.07, 6.45) is 2.47. The zero-order valence-corrected chi connectivity index (χ0v) is 8.42. The Bertz CT molecular complexity index is 266. The van der Waals surface area contributed by atoms with Gasteiger partial charge in [-0.1, -0.05) is 28.1 Å². The van der Waals surface area contributed by atoms with Crippen LogP contribution in [0, 0.1) is 0 Å². The van der Waals surface area contributed by atoms with Gasteiger partial charge in [0.15, 0.2) is 0 Å². The molecule has 63 valence electrons. The number of hydrogen-bond acceptors (Lipinski definition) is 0. The molecule has 12 heavy (non-hydrogen) atoms. The maximum absolute atomic E-state index is 4.53. The first-order valence-electron chi connectivity index (χ1n) is 4.28. The van der Waals surface area contributed by atoms with Crippen LogP contribution in [-0.4, -0.2) is 6.54 Å². The molecule has 0 N–H and O–H groups in total. The Kier molecular flexibility index (Phi) is 2.47. The lowest BCUT2D eigenvalue weighted by Gasteiger charge is -2.08. The molecule has 2 heteroatoms. The molecule has 1 fully saturated rings. The molecule has 0 aliphatic carbocycles. The molecule has 1 nitrogen and oxygen atoms in total.